The molecule has 6 nitrogen and oxygen atoms in total. The summed E-state index contributed by atoms with van der Waals surface area (Å²) >= 11 is 1.36. The van der Waals surface area contributed by atoms with E-state index < -0.39 is 0 Å². The van der Waals surface area contributed by atoms with E-state index in [0.717, 1.165) is 24.9 Å². The number of carbonyl (C=O) groups excluding carboxylic acids is 1. The number of nitrogens with zero attached hydrogens (tertiary/aromatic N) is 3. The summed E-state index contributed by atoms with van der Waals surface area (Å²) in [5.74, 6) is 1.20. The number of likely N-dealkylation sites (tertiary alicyclic amines) is 1. The molecule has 0 spiro atoms. The Kier molecular flexibility index (Phi) is 5.66. The predicted molar refractivity (Wildman–Crippen MR) is 106 cm³/mol. The summed E-state index contributed by atoms with van der Waals surface area (Å²) < 4.78 is 1.60. The van der Waals surface area contributed by atoms with Crippen LogP contribution in [0, 0.1) is 5.92 Å². The minimum absolute atomic E-state index is 0.179. The van der Waals surface area contributed by atoms with E-state index in [1.807, 2.05) is 30.3 Å². The van der Waals surface area contributed by atoms with Gasteiger partial charge in [0.25, 0.3) is 0 Å². The summed E-state index contributed by atoms with van der Waals surface area (Å²) in [5.41, 5.74) is 0.800. The smallest absolute Gasteiger partial charge is 0.339 e. The Balaban J connectivity index is 1.41. The predicted octanol–water partition coefficient (Wildman–Crippen LogP) is 2.89. The summed E-state index contributed by atoms with van der Waals surface area (Å²) in [6.45, 7) is 1.33. The molecule has 2 atom stereocenters. The molecule has 27 heavy (non-hydrogen) atoms. The van der Waals surface area contributed by atoms with Gasteiger partial charge in [-0.1, -0.05) is 54.9 Å². The van der Waals surface area contributed by atoms with Crippen molar-refractivity contribution in [1.29, 1.82) is 0 Å². The highest BCUT2D eigenvalue weighted by Crippen LogP contribution is 2.35. The van der Waals surface area contributed by atoms with Crippen LogP contribution in [0.25, 0.3) is 0 Å². The number of hydrogen-bond donors (Lipinski definition) is 1. The van der Waals surface area contributed by atoms with Gasteiger partial charge in [0, 0.05) is 12.6 Å². The number of H-pyrrole nitrogens is 1. The van der Waals surface area contributed by atoms with Crippen LogP contribution < -0.4 is 5.69 Å². The van der Waals surface area contributed by atoms with Crippen LogP contribution in [-0.4, -0.2) is 43.9 Å². The summed E-state index contributed by atoms with van der Waals surface area (Å²) in [4.78, 5) is 27.1. The SMILES string of the molecule is O=C(CSc1n[nH]c(=O)n1Cc1ccccc1)N1CCCC2CCCCC21. The number of rotatable bonds is 5. The van der Waals surface area contributed by atoms with Crippen LogP contribution in [-0.2, 0) is 11.3 Å². The number of thioether (sulfide) groups is 1. The van der Waals surface area contributed by atoms with Gasteiger partial charge in [0.05, 0.1) is 12.3 Å². The molecule has 0 radical (unpaired) electrons. The Hall–Kier alpha value is -2.02. The molecular formula is C20H26N4O2S. The summed E-state index contributed by atoms with van der Waals surface area (Å²) in [6, 6.07) is 10.2. The average molecular weight is 387 g/mol. The van der Waals surface area contributed by atoms with Gasteiger partial charge in [0.1, 0.15) is 0 Å². The van der Waals surface area contributed by atoms with Crippen molar-refractivity contribution < 1.29 is 4.79 Å². The maximum absolute atomic E-state index is 12.9. The van der Waals surface area contributed by atoms with Crippen LogP contribution in [0.1, 0.15) is 44.1 Å². The lowest BCUT2D eigenvalue weighted by Crippen LogP contribution is -2.50. The van der Waals surface area contributed by atoms with Crippen LogP contribution in [0.4, 0.5) is 0 Å². The Morgan fingerprint density at radius 3 is 2.78 bits per heavy atom. The van der Waals surface area contributed by atoms with Gasteiger partial charge in [-0.15, -0.1) is 5.10 Å². The van der Waals surface area contributed by atoms with E-state index in [-0.39, 0.29) is 11.6 Å². The van der Waals surface area contributed by atoms with Gasteiger partial charge in [0.2, 0.25) is 5.91 Å². The molecule has 2 unspecified atom stereocenters. The first-order chi connectivity index (χ1) is 13.2. The van der Waals surface area contributed by atoms with Gasteiger partial charge in [-0.3, -0.25) is 9.36 Å². The monoisotopic (exact) mass is 386 g/mol. The van der Waals surface area contributed by atoms with E-state index in [4.69, 9.17) is 0 Å². The molecule has 1 amide bonds. The highest BCUT2D eigenvalue weighted by molar-refractivity contribution is 7.99. The van der Waals surface area contributed by atoms with E-state index in [1.54, 1.807) is 4.57 Å². The van der Waals surface area contributed by atoms with Gasteiger partial charge >= 0.3 is 5.69 Å². The second-order valence-electron chi connectivity index (χ2n) is 7.51. The number of nitrogens with one attached hydrogen (secondary N) is 1. The van der Waals surface area contributed by atoms with E-state index in [2.05, 4.69) is 15.1 Å². The van der Waals surface area contributed by atoms with Gasteiger partial charge in [-0.2, -0.15) is 0 Å². The lowest BCUT2D eigenvalue weighted by Gasteiger charge is -2.44. The lowest BCUT2D eigenvalue weighted by atomic mass is 9.78. The van der Waals surface area contributed by atoms with Crippen molar-refractivity contribution in [2.45, 2.75) is 56.3 Å². The highest BCUT2D eigenvalue weighted by Gasteiger charge is 2.35. The fourth-order valence-corrected chi connectivity index (χ4v) is 5.29. The second-order valence-corrected chi connectivity index (χ2v) is 8.46. The molecule has 2 aromatic rings. The summed E-state index contributed by atoms with van der Waals surface area (Å²) in [6.07, 6.45) is 7.31. The molecule has 1 saturated heterocycles. The fraction of sp³-hybridized carbons (Fsp3) is 0.550. The Morgan fingerprint density at radius 2 is 1.93 bits per heavy atom. The first-order valence-electron chi connectivity index (χ1n) is 9.84. The number of benzene rings is 1. The molecule has 1 N–H and O–H groups in total. The molecule has 144 valence electrons. The van der Waals surface area contributed by atoms with Crippen molar-refractivity contribution in [3.8, 4) is 0 Å². The first-order valence-corrected chi connectivity index (χ1v) is 10.8. The van der Waals surface area contributed by atoms with Crippen molar-refractivity contribution in [2.75, 3.05) is 12.3 Å². The van der Waals surface area contributed by atoms with Crippen molar-refractivity contribution in [1.82, 2.24) is 19.7 Å². The molecule has 2 fully saturated rings. The number of piperidine rings is 1. The molecule has 1 saturated carbocycles. The van der Waals surface area contributed by atoms with Crippen LogP contribution in [0.2, 0.25) is 0 Å². The van der Waals surface area contributed by atoms with Crippen LogP contribution in [0.5, 0.6) is 0 Å². The minimum atomic E-state index is -0.237. The molecule has 0 bridgehead atoms. The van der Waals surface area contributed by atoms with Gasteiger partial charge in [-0.05, 0) is 37.2 Å². The Labute approximate surface area is 163 Å². The maximum Gasteiger partial charge on any atom is 0.344 e. The zero-order chi connectivity index (χ0) is 18.6. The zero-order valence-electron chi connectivity index (χ0n) is 15.5. The summed E-state index contributed by atoms with van der Waals surface area (Å²) in [7, 11) is 0. The highest BCUT2D eigenvalue weighted by atomic mass is 32.2. The molecular weight excluding hydrogens is 360 g/mol. The molecule has 1 aromatic carbocycles. The Morgan fingerprint density at radius 1 is 1.15 bits per heavy atom. The van der Waals surface area contributed by atoms with Crippen LogP contribution in [0.15, 0.2) is 40.3 Å². The normalized spacial score (nSPS) is 22.4. The number of hydrogen-bond acceptors (Lipinski definition) is 4. The van der Waals surface area contributed by atoms with Gasteiger partial charge < -0.3 is 4.90 Å². The number of fused-ring (bicyclic) bond motifs is 1. The number of aromatic nitrogens is 3. The minimum Gasteiger partial charge on any atom is -0.339 e. The third kappa shape index (κ3) is 4.13. The quantitative estimate of drug-likeness (QED) is 0.802. The molecule has 2 aliphatic rings. The van der Waals surface area contributed by atoms with Crippen molar-refractivity contribution >= 4 is 17.7 Å². The van der Waals surface area contributed by atoms with E-state index >= 15 is 0 Å². The first kappa shape index (κ1) is 18.3. The molecule has 7 heteroatoms. The summed E-state index contributed by atoms with van der Waals surface area (Å²) in [5, 5.41) is 7.22. The number of aromatic amines is 1. The molecule has 1 aliphatic heterocycles. The standard InChI is InChI=1S/C20H26N4O2S/c25-18(23-12-6-10-16-9-4-5-11-17(16)23)14-27-20-22-21-19(26)24(20)13-15-7-2-1-3-8-15/h1-3,7-8,16-17H,4-6,9-14H2,(H,21,26). The maximum atomic E-state index is 12.9. The van der Waals surface area contributed by atoms with E-state index in [9.17, 15) is 9.59 Å². The van der Waals surface area contributed by atoms with Gasteiger partial charge in [-0.25, -0.2) is 9.89 Å². The van der Waals surface area contributed by atoms with Crippen molar-refractivity contribution in [2.24, 2.45) is 5.92 Å². The third-order valence-electron chi connectivity index (χ3n) is 5.80. The third-order valence-corrected chi connectivity index (χ3v) is 6.76. The number of carbonyl (C=O) groups is 1. The molecule has 4 rings (SSSR count). The second kappa shape index (κ2) is 8.33. The Bertz CT molecular complexity index is 830. The zero-order valence-corrected chi connectivity index (χ0v) is 16.3. The number of amides is 1. The molecule has 1 aliphatic carbocycles. The molecule has 2 heterocycles. The fourth-order valence-electron chi connectivity index (χ4n) is 4.46. The topological polar surface area (TPSA) is 71.0 Å². The average Bonchev–Trinajstić information content (AvgIpc) is 3.06. The van der Waals surface area contributed by atoms with Crippen molar-refractivity contribution in [3.63, 3.8) is 0 Å². The molecule has 1 aromatic heterocycles. The van der Waals surface area contributed by atoms with E-state index in [0.29, 0.717) is 29.4 Å². The van der Waals surface area contributed by atoms with Gasteiger partial charge in [0.15, 0.2) is 5.16 Å². The van der Waals surface area contributed by atoms with Crippen LogP contribution >= 0.6 is 11.8 Å². The van der Waals surface area contributed by atoms with Crippen LogP contribution in [0.3, 0.4) is 0 Å². The largest absolute Gasteiger partial charge is 0.344 e. The van der Waals surface area contributed by atoms with E-state index in [1.165, 1.54) is 37.4 Å². The van der Waals surface area contributed by atoms with Crippen molar-refractivity contribution in [3.05, 3.63) is 46.4 Å². The lowest BCUT2D eigenvalue weighted by molar-refractivity contribution is -0.134.